The molecule has 2 rings (SSSR count). The van der Waals surface area contributed by atoms with Crippen LogP contribution in [0.2, 0.25) is 0 Å². The van der Waals surface area contributed by atoms with Crippen molar-refractivity contribution in [2.75, 3.05) is 25.0 Å². The lowest BCUT2D eigenvalue weighted by molar-refractivity contribution is 0.0777. The van der Waals surface area contributed by atoms with Crippen LogP contribution in [0, 0.1) is 12.3 Å². The highest BCUT2D eigenvalue weighted by molar-refractivity contribution is 5.96. The van der Waals surface area contributed by atoms with Crippen molar-refractivity contribution in [1.29, 1.82) is 0 Å². The Bertz CT molecular complexity index is 480. The Morgan fingerprint density at radius 2 is 2.16 bits per heavy atom. The Hall–Kier alpha value is -1.51. The van der Waals surface area contributed by atoms with Gasteiger partial charge in [-0.2, -0.15) is 0 Å². The molecule has 1 aromatic rings. The summed E-state index contributed by atoms with van der Waals surface area (Å²) in [6, 6.07) is 5.99. The molecule has 0 bridgehead atoms. The van der Waals surface area contributed by atoms with Gasteiger partial charge in [-0.1, -0.05) is 13.8 Å². The van der Waals surface area contributed by atoms with Crippen molar-refractivity contribution in [3.05, 3.63) is 29.3 Å². The molecule has 0 unspecified atom stereocenters. The zero-order valence-corrected chi connectivity index (χ0v) is 12.4. The van der Waals surface area contributed by atoms with Crippen molar-refractivity contribution in [2.45, 2.75) is 34.1 Å². The predicted molar refractivity (Wildman–Crippen MR) is 79.6 cm³/mol. The van der Waals surface area contributed by atoms with Crippen LogP contribution in [-0.4, -0.2) is 30.4 Å². The fourth-order valence-corrected chi connectivity index (χ4v) is 2.67. The number of nitrogens with one attached hydrogen (secondary N) is 1. The molecule has 0 spiro atoms. The number of nitrogens with zero attached hydrogens (tertiary/aromatic N) is 1. The Labute approximate surface area is 116 Å². The monoisotopic (exact) mass is 260 g/mol. The Morgan fingerprint density at radius 3 is 2.68 bits per heavy atom. The lowest BCUT2D eigenvalue weighted by Gasteiger charge is -2.21. The lowest BCUT2D eigenvalue weighted by atomic mass is 9.93. The summed E-state index contributed by atoms with van der Waals surface area (Å²) < 4.78 is 0. The molecule has 1 N–H and O–H groups in total. The summed E-state index contributed by atoms with van der Waals surface area (Å²) >= 11 is 0. The lowest BCUT2D eigenvalue weighted by Crippen LogP contribution is -2.30. The Balaban J connectivity index is 2.16. The molecule has 104 valence electrons. The first-order chi connectivity index (χ1) is 8.93. The molecule has 3 heteroatoms. The highest BCUT2D eigenvalue weighted by atomic mass is 16.2. The summed E-state index contributed by atoms with van der Waals surface area (Å²) in [7, 11) is 0. The van der Waals surface area contributed by atoms with Gasteiger partial charge in [-0.25, -0.2) is 0 Å². The van der Waals surface area contributed by atoms with Gasteiger partial charge in [0, 0.05) is 30.9 Å². The molecule has 3 nitrogen and oxygen atoms in total. The average molecular weight is 260 g/mol. The van der Waals surface area contributed by atoms with Crippen molar-refractivity contribution < 1.29 is 4.79 Å². The van der Waals surface area contributed by atoms with Crippen molar-refractivity contribution in [1.82, 2.24) is 4.90 Å². The van der Waals surface area contributed by atoms with Crippen molar-refractivity contribution in [3.63, 3.8) is 0 Å². The number of carbonyl (C=O) groups excluding carboxylic acids is 1. The van der Waals surface area contributed by atoms with Gasteiger partial charge in [-0.3, -0.25) is 4.79 Å². The molecule has 1 heterocycles. The van der Waals surface area contributed by atoms with Gasteiger partial charge < -0.3 is 10.2 Å². The summed E-state index contributed by atoms with van der Waals surface area (Å²) in [5, 5.41) is 3.27. The first-order valence-corrected chi connectivity index (χ1v) is 7.07. The standard InChI is InChI=1S/C16H24N2O/c1-5-17-13-6-7-14(12(2)10-13)15(19)18-9-8-16(3,4)11-18/h6-7,10,17H,5,8-9,11H2,1-4H3. The second-order valence-corrected chi connectivity index (χ2v) is 6.20. The van der Waals surface area contributed by atoms with Gasteiger partial charge in [-0.15, -0.1) is 0 Å². The van der Waals surface area contributed by atoms with Crippen molar-refractivity contribution in [3.8, 4) is 0 Å². The van der Waals surface area contributed by atoms with Crippen LogP contribution in [-0.2, 0) is 0 Å². The van der Waals surface area contributed by atoms with E-state index in [-0.39, 0.29) is 11.3 Å². The fraction of sp³-hybridized carbons (Fsp3) is 0.562. The van der Waals surface area contributed by atoms with E-state index in [9.17, 15) is 4.79 Å². The molecule has 19 heavy (non-hydrogen) atoms. The molecule has 0 radical (unpaired) electrons. The number of benzene rings is 1. The summed E-state index contributed by atoms with van der Waals surface area (Å²) in [5.74, 6) is 0.172. The third-order valence-electron chi connectivity index (χ3n) is 3.80. The SMILES string of the molecule is CCNc1ccc(C(=O)N2CCC(C)(C)C2)c(C)c1. The minimum absolute atomic E-state index is 0.172. The number of rotatable bonds is 3. The largest absolute Gasteiger partial charge is 0.385 e. The minimum Gasteiger partial charge on any atom is -0.385 e. The molecule has 1 aliphatic heterocycles. The first-order valence-electron chi connectivity index (χ1n) is 7.07. The van der Waals surface area contributed by atoms with E-state index in [0.717, 1.165) is 42.9 Å². The van der Waals surface area contributed by atoms with E-state index in [0.29, 0.717) is 0 Å². The number of amides is 1. The van der Waals surface area contributed by atoms with Gasteiger partial charge in [0.15, 0.2) is 0 Å². The van der Waals surface area contributed by atoms with Crippen LogP contribution in [0.15, 0.2) is 18.2 Å². The topological polar surface area (TPSA) is 32.3 Å². The van der Waals surface area contributed by atoms with Crippen LogP contribution in [0.5, 0.6) is 0 Å². The van der Waals surface area contributed by atoms with E-state index < -0.39 is 0 Å². The number of hydrogen-bond donors (Lipinski definition) is 1. The molecule has 0 atom stereocenters. The normalized spacial score (nSPS) is 17.6. The van der Waals surface area contributed by atoms with Crippen LogP contribution in [0.1, 0.15) is 43.1 Å². The minimum atomic E-state index is 0.172. The first kappa shape index (κ1) is 13.9. The van der Waals surface area contributed by atoms with E-state index in [1.54, 1.807) is 0 Å². The molecule has 0 aliphatic carbocycles. The maximum atomic E-state index is 12.5. The summed E-state index contributed by atoms with van der Waals surface area (Å²) in [4.78, 5) is 14.5. The third kappa shape index (κ3) is 3.09. The smallest absolute Gasteiger partial charge is 0.254 e. The van der Waals surface area contributed by atoms with E-state index in [4.69, 9.17) is 0 Å². The number of likely N-dealkylation sites (tertiary alicyclic amines) is 1. The third-order valence-corrected chi connectivity index (χ3v) is 3.80. The highest BCUT2D eigenvalue weighted by Crippen LogP contribution is 2.30. The van der Waals surface area contributed by atoms with E-state index in [1.165, 1.54) is 0 Å². The molecule has 1 saturated heterocycles. The van der Waals surface area contributed by atoms with Gasteiger partial charge >= 0.3 is 0 Å². The number of aryl methyl sites for hydroxylation is 1. The molecule has 0 aromatic heterocycles. The number of carbonyl (C=O) groups is 1. The number of hydrogen-bond acceptors (Lipinski definition) is 2. The quantitative estimate of drug-likeness (QED) is 0.904. The maximum Gasteiger partial charge on any atom is 0.254 e. The van der Waals surface area contributed by atoms with Gasteiger partial charge in [0.25, 0.3) is 5.91 Å². The molecular formula is C16H24N2O. The summed E-state index contributed by atoms with van der Waals surface area (Å²) in [6.07, 6.45) is 1.09. The van der Waals surface area contributed by atoms with Crippen molar-refractivity contribution in [2.24, 2.45) is 5.41 Å². The van der Waals surface area contributed by atoms with Crippen LogP contribution < -0.4 is 5.32 Å². The number of anilines is 1. The van der Waals surface area contributed by atoms with Crippen LogP contribution in [0.25, 0.3) is 0 Å². The molecule has 1 aliphatic rings. The van der Waals surface area contributed by atoms with E-state index in [2.05, 4.69) is 32.2 Å². The molecule has 1 aromatic carbocycles. The van der Waals surface area contributed by atoms with E-state index >= 15 is 0 Å². The van der Waals surface area contributed by atoms with Crippen LogP contribution in [0.3, 0.4) is 0 Å². The second-order valence-electron chi connectivity index (χ2n) is 6.20. The predicted octanol–water partition coefficient (Wildman–Crippen LogP) is 3.30. The second kappa shape index (κ2) is 5.24. The molecular weight excluding hydrogens is 236 g/mol. The van der Waals surface area contributed by atoms with Gasteiger partial charge in [0.1, 0.15) is 0 Å². The fourth-order valence-electron chi connectivity index (χ4n) is 2.67. The Morgan fingerprint density at radius 1 is 1.42 bits per heavy atom. The Kier molecular flexibility index (Phi) is 3.83. The van der Waals surface area contributed by atoms with Gasteiger partial charge in [-0.05, 0) is 49.4 Å². The highest BCUT2D eigenvalue weighted by Gasteiger charge is 2.32. The average Bonchev–Trinajstić information content (AvgIpc) is 2.70. The molecule has 0 saturated carbocycles. The summed E-state index contributed by atoms with van der Waals surface area (Å²) in [6.45, 7) is 11.2. The molecule has 1 fully saturated rings. The summed E-state index contributed by atoms with van der Waals surface area (Å²) in [5.41, 5.74) is 3.22. The zero-order chi connectivity index (χ0) is 14.0. The zero-order valence-electron chi connectivity index (χ0n) is 12.4. The van der Waals surface area contributed by atoms with Crippen LogP contribution in [0.4, 0.5) is 5.69 Å². The van der Waals surface area contributed by atoms with E-state index in [1.807, 2.05) is 24.0 Å². The van der Waals surface area contributed by atoms with Gasteiger partial charge in [0.05, 0.1) is 0 Å². The van der Waals surface area contributed by atoms with Gasteiger partial charge in [0.2, 0.25) is 0 Å². The molecule has 1 amide bonds. The van der Waals surface area contributed by atoms with Crippen LogP contribution >= 0.6 is 0 Å². The maximum absolute atomic E-state index is 12.5. The van der Waals surface area contributed by atoms with Crippen molar-refractivity contribution >= 4 is 11.6 Å².